The number of anilines is 1. The molecule has 1 aromatic carbocycles. The first-order valence-electron chi connectivity index (χ1n) is 6.81. The van der Waals surface area contributed by atoms with Crippen molar-refractivity contribution in [3.8, 4) is 0 Å². The van der Waals surface area contributed by atoms with Crippen LogP contribution in [0.15, 0.2) is 29.2 Å². The highest BCUT2D eigenvalue weighted by Crippen LogP contribution is 2.24. The molecule has 2 unspecified atom stereocenters. The molecular weight excluding hydrogens is 276 g/mol. The van der Waals surface area contributed by atoms with E-state index >= 15 is 0 Å². The van der Waals surface area contributed by atoms with Crippen molar-refractivity contribution in [1.82, 2.24) is 5.32 Å². The van der Waals surface area contributed by atoms with Crippen molar-refractivity contribution in [2.75, 3.05) is 17.6 Å². The Morgan fingerprint density at radius 2 is 2.10 bits per heavy atom. The molecule has 2 N–H and O–H groups in total. The Morgan fingerprint density at radius 3 is 2.70 bits per heavy atom. The van der Waals surface area contributed by atoms with Gasteiger partial charge in [-0.05, 0) is 32.0 Å². The van der Waals surface area contributed by atoms with Crippen LogP contribution in [0.5, 0.6) is 0 Å². The Labute approximate surface area is 119 Å². The minimum absolute atomic E-state index is 0.0151. The molecule has 1 aliphatic heterocycles. The quantitative estimate of drug-likeness (QED) is 0.881. The Kier molecular flexibility index (Phi) is 4.45. The summed E-state index contributed by atoms with van der Waals surface area (Å²) in [7, 11) is -3.34. The molecule has 1 aromatic rings. The number of benzene rings is 1. The van der Waals surface area contributed by atoms with Gasteiger partial charge in [-0.3, -0.25) is 4.79 Å². The van der Waals surface area contributed by atoms with E-state index in [2.05, 4.69) is 10.6 Å². The maximum atomic E-state index is 12.2. The van der Waals surface area contributed by atoms with Crippen LogP contribution in [-0.2, 0) is 14.6 Å². The summed E-state index contributed by atoms with van der Waals surface area (Å²) in [5.41, 5.74) is 0.374. The minimum atomic E-state index is -3.34. The molecule has 1 amide bonds. The van der Waals surface area contributed by atoms with Gasteiger partial charge in [0.05, 0.1) is 22.3 Å². The fourth-order valence-corrected chi connectivity index (χ4v) is 3.49. The summed E-state index contributed by atoms with van der Waals surface area (Å²) in [6.45, 7) is 4.37. The summed E-state index contributed by atoms with van der Waals surface area (Å²) in [6, 6.07) is 6.67. The van der Waals surface area contributed by atoms with Crippen molar-refractivity contribution in [2.45, 2.75) is 31.2 Å². The zero-order chi connectivity index (χ0) is 14.8. The van der Waals surface area contributed by atoms with Gasteiger partial charge >= 0.3 is 0 Å². The predicted molar refractivity (Wildman–Crippen MR) is 78.4 cm³/mol. The van der Waals surface area contributed by atoms with Crippen LogP contribution in [0, 0.1) is 5.92 Å². The first kappa shape index (κ1) is 15.0. The lowest BCUT2D eigenvalue weighted by atomic mass is 10.0. The fourth-order valence-electron chi connectivity index (χ4n) is 2.44. The maximum absolute atomic E-state index is 12.2. The molecule has 1 fully saturated rings. The van der Waals surface area contributed by atoms with Gasteiger partial charge in [-0.1, -0.05) is 19.1 Å². The largest absolute Gasteiger partial charge is 0.325 e. The Hall–Kier alpha value is -1.40. The summed E-state index contributed by atoms with van der Waals surface area (Å²) in [5.74, 6) is -0.227. The van der Waals surface area contributed by atoms with E-state index < -0.39 is 9.84 Å². The highest BCUT2D eigenvalue weighted by Gasteiger charge is 2.30. The van der Waals surface area contributed by atoms with E-state index in [1.165, 1.54) is 6.07 Å². The molecule has 2 rings (SSSR count). The summed E-state index contributed by atoms with van der Waals surface area (Å²) in [5, 5.41) is 5.98. The smallest absolute Gasteiger partial charge is 0.229 e. The van der Waals surface area contributed by atoms with Crippen LogP contribution in [0.1, 0.15) is 20.3 Å². The summed E-state index contributed by atoms with van der Waals surface area (Å²) < 4.78 is 24.1. The van der Waals surface area contributed by atoms with Crippen LogP contribution in [-0.4, -0.2) is 32.7 Å². The zero-order valence-corrected chi connectivity index (χ0v) is 12.5. The molecule has 1 heterocycles. The van der Waals surface area contributed by atoms with Crippen molar-refractivity contribution in [3.05, 3.63) is 24.3 Å². The van der Waals surface area contributed by atoms with Crippen LogP contribution in [0.4, 0.5) is 5.69 Å². The number of carbonyl (C=O) groups excluding carboxylic acids is 1. The van der Waals surface area contributed by atoms with Gasteiger partial charge in [0.15, 0.2) is 9.84 Å². The van der Waals surface area contributed by atoms with Gasteiger partial charge in [-0.2, -0.15) is 0 Å². The van der Waals surface area contributed by atoms with E-state index in [0.717, 1.165) is 13.0 Å². The van der Waals surface area contributed by atoms with E-state index in [1.54, 1.807) is 25.1 Å². The van der Waals surface area contributed by atoms with E-state index in [4.69, 9.17) is 0 Å². The molecular formula is C14H20N2O3S. The van der Waals surface area contributed by atoms with Gasteiger partial charge in [0.25, 0.3) is 0 Å². The number of rotatable bonds is 4. The molecule has 20 heavy (non-hydrogen) atoms. The molecule has 0 saturated carbocycles. The molecule has 5 nitrogen and oxygen atoms in total. The number of hydrogen-bond donors (Lipinski definition) is 2. The Morgan fingerprint density at radius 1 is 1.40 bits per heavy atom. The lowest BCUT2D eigenvalue weighted by Gasteiger charge is -2.16. The molecule has 0 spiro atoms. The number of nitrogens with one attached hydrogen (secondary N) is 2. The molecule has 0 aromatic heterocycles. The van der Waals surface area contributed by atoms with Gasteiger partial charge in [-0.15, -0.1) is 0 Å². The minimum Gasteiger partial charge on any atom is -0.325 e. The standard InChI is InChI=1S/C14H20N2O3S/c1-3-20(18,19)13-7-5-4-6-12(13)16-14(17)11-8-9-15-10(11)2/h4-7,10-11,15H,3,8-9H2,1-2H3,(H,16,17). The molecule has 2 atom stereocenters. The van der Waals surface area contributed by atoms with Crippen LogP contribution in [0.2, 0.25) is 0 Å². The van der Waals surface area contributed by atoms with Gasteiger partial charge in [0.1, 0.15) is 0 Å². The SMILES string of the molecule is CCS(=O)(=O)c1ccccc1NC(=O)C1CCNC1C. The number of para-hydroxylation sites is 1. The van der Waals surface area contributed by atoms with Crippen molar-refractivity contribution < 1.29 is 13.2 Å². The lowest BCUT2D eigenvalue weighted by molar-refractivity contribution is -0.120. The van der Waals surface area contributed by atoms with Crippen molar-refractivity contribution in [1.29, 1.82) is 0 Å². The first-order chi connectivity index (χ1) is 9.45. The average molecular weight is 296 g/mol. The summed E-state index contributed by atoms with van der Waals surface area (Å²) in [4.78, 5) is 12.4. The van der Waals surface area contributed by atoms with Gasteiger partial charge in [0.2, 0.25) is 5.91 Å². The van der Waals surface area contributed by atoms with Crippen LogP contribution < -0.4 is 10.6 Å². The molecule has 0 bridgehead atoms. The normalized spacial score (nSPS) is 22.7. The molecule has 6 heteroatoms. The van der Waals surface area contributed by atoms with E-state index in [1.807, 2.05) is 6.92 Å². The fraction of sp³-hybridized carbons (Fsp3) is 0.500. The molecule has 1 saturated heterocycles. The topological polar surface area (TPSA) is 75.3 Å². The van der Waals surface area contributed by atoms with Gasteiger partial charge in [-0.25, -0.2) is 8.42 Å². The molecule has 110 valence electrons. The third-order valence-corrected chi connectivity index (χ3v) is 5.51. The average Bonchev–Trinajstić information content (AvgIpc) is 2.85. The summed E-state index contributed by atoms with van der Waals surface area (Å²) in [6.07, 6.45) is 0.774. The summed E-state index contributed by atoms with van der Waals surface area (Å²) >= 11 is 0. The van der Waals surface area contributed by atoms with E-state index in [9.17, 15) is 13.2 Å². The third kappa shape index (κ3) is 3.02. The van der Waals surface area contributed by atoms with E-state index in [-0.39, 0.29) is 28.5 Å². The third-order valence-electron chi connectivity index (χ3n) is 3.72. The van der Waals surface area contributed by atoms with Crippen LogP contribution >= 0.6 is 0 Å². The Bertz CT molecular complexity index is 598. The van der Waals surface area contributed by atoms with Gasteiger partial charge < -0.3 is 10.6 Å². The predicted octanol–water partition coefficient (Wildman–Crippen LogP) is 1.42. The van der Waals surface area contributed by atoms with Crippen LogP contribution in [0.3, 0.4) is 0 Å². The number of amides is 1. The highest BCUT2D eigenvalue weighted by atomic mass is 32.2. The zero-order valence-electron chi connectivity index (χ0n) is 11.7. The van der Waals surface area contributed by atoms with E-state index in [0.29, 0.717) is 5.69 Å². The second-order valence-corrected chi connectivity index (χ2v) is 7.27. The van der Waals surface area contributed by atoms with Crippen molar-refractivity contribution in [2.24, 2.45) is 5.92 Å². The second kappa shape index (κ2) is 5.93. The maximum Gasteiger partial charge on any atom is 0.229 e. The first-order valence-corrected chi connectivity index (χ1v) is 8.47. The number of carbonyl (C=O) groups is 1. The van der Waals surface area contributed by atoms with Crippen molar-refractivity contribution in [3.63, 3.8) is 0 Å². The second-order valence-electron chi connectivity index (χ2n) is 5.03. The molecule has 0 radical (unpaired) electrons. The number of hydrogen-bond acceptors (Lipinski definition) is 4. The number of sulfone groups is 1. The Balaban J connectivity index is 2.24. The van der Waals surface area contributed by atoms with Crippen molar-refractivity contribution >= 4 is 21.4 Å². The molecule has 0 aliphatic carbocycles. The molecule has 1 aliphatic rings. The highest BCUT2D eigenvalue weighted by molar-refractivity contribution is 7.91. The lowest BCUT2D eigenvalue weighted by Crippen LogP contribution is -2.32. The van der Waals surface area contributed by atoms with Crippen LogP contribution in [0.25, 0.3) is 0 Å². The monoisotopic (exact) mass is 296 g/mol. The van der Waals surface area contributed by atoms with Gasteiger partial charge in [0, 0.05) is 6.04 Å².